The third kappa shape index (κ3) is 2.23. The Kier molecular flexibility index (Phi) is 3.15. The van der Waals surface area contributed by atoms with Gasteiger partial charge in [-0.15, -0.1) is 0 Å². The number of pyridine rings is 1. The van der Waals surface area contributed by atoms with Crippen molar-refractivity contribution < 1.29 is 19.9 Å². The lowest BCUT2D eigenvalue weighted by Gasteiger charge is -2.14. The fraction of sp³-hybridized carbons (Fsp3) is 0.200. The third-order valence-corrected chi connectivity index (χ3v) is 2.66. The highest BCUT2D eigenvalue weighted by molar-refractivity contribution is 5.86. The summed E-state index contributed by atoms with van der Waals surface area (Å²) in [7, 11) is 0. The number of aromatic nitrogens is 2. The van der Waals surface area contributed by atoms with Crippen LogP contribution in [0.5, 0.6) is 0 Å². The van der Waals surface area contributed by atoms with Crippen LogP contribution in [0.4, 0.5) is 5.69 Å². The number of carbonyl (C=O) groups is 1. The summed E-state index contributed by atoms with van der Waals surface area (Å²) in [5.41, 5.74) is 4.96. The van der Waals surface area contributed by atoms with Crippen LogP contribution >= 0.6 is 0 Å². The van der Waals surface area contributed by atoms with Gasteiger partial charge < -0.3 is 20.9 Å². The summed E-state index contributed by atoms with van der Waals surface area (Å²) in [6, 6.07) is 1.27. The molecule has 9 nitrogen and oxygen atoms in total. The predicted molar refractivity (Wildman–Crippen MR) is 62.9 cm³/mol. The molecule has 2 aromatic rings. The molecule has 0 radical (unpaired) electrons. The molecule has 19 heavy (non-hydrogen) atoms. The average molecular weight is 266 g/mol. The Bertz CT molecular complexity index is 652. The van der Waals surface area contributed by atoms with E-state index in [2.05, 4.69) is 9.97 Å². The molecule has 1 amide bonds. The summed E-state index contributed by atoms with van der Waals surface area (Å²) in [4.78, 5) is 27.4. The highest BCUT2D eigenvalue weighted by atomic mass is 16.6. The fourth-order valence-corrected chi connectivity index (χ4v) is 1.66. The Balaban J connectivity index is 2.48. The maximum Gasteiger partial charge on any atom is 0.296 e. The molecule has 0 aromatic carbocycles. The van der Waals surface area contributed by atoms with Gasteiger partial charge in [0.1, 0.15) is 11.8 Å². The van der Waals surface area contributed by atoms with Gasteiger partial charge in [-0.2, -0.15) is 0 Å². The van der Waals surface area contributed by atoms with Crippen LogP contribution in [0.1, 0.15) is 11.7 Å². The van der Waals surface area contributed by atoms with Crippen LogP contribution in [-0.4, -0.2) is 37.1 Å². The van der Waals surface area contributed by atoms with Gasteiger partial charge in [0.25, 0.3) is 5.69 Å². The van der Waals surface area contributed by atoms with Gasteiger partial charge in [-0.3, -0.25) is 14.9 Å². The molecule has 0 aliphatic carbocycles. The summed E-state index contributed by atoms with van der Waals surface area (Å²) < 4.78 is 0. The first-order valence-corrected chi connectivity index (χ1v) is 5.18. The lowest BCUT2D eigenvalue weighted by Crippen LogP contribution is -2.33. The second-order valence-electron chi connectivity index (χ2n) is 3.89. The van der Waals surface area contributed by atoms with E-state index in [9.17, 15) is 25.1 Å². The second kappa shape index (κ2) is 4.63. The highest BCUT2D eigenvalue weighted by Gasteiger charge is 2.25. The van der Waals surface area contributed by atoms with E-state index < -0.39 is 23.0 Å². The number of primary amides is 1. The van der Waals surface area contributed by atoms with Crippen LogP contribution in [0.3, 0.4) is 0 Å². The largest absolute Gasteiger partial charge is 0.385 e. The molecule has 0 aliphatic rings. The van der Waals surface area contributed by atoms with Crippen molar-refractivity contribution in [3.8, 4) is 0 Å². The minimum absolute atomic E-state index is 0.0569. The minimum atomic E-state index is -1.81. The number of hydrogen-bond acceptors (Lipinski definition) is 6. The number of nitrogens with zero attached hydrogens (tertiary/aromatic N) is 2. The normalized spacial score (nSPS) is 14.2. The Morgan fingerprint density at radius 1 is 1.53 bits per heavy atom. The van der Waals surface area contributed by atoms with E-state index in [-0.39, 0.29) is 22.3 Å². The minimum Gasteiger partial charge on any atom is -0.385 e. The zero-order valence-electron chi connectivity index (χ0n) is 9.48. The van der Waals surface area contributed by atoms with Crippen LogP contribution in [0.2, 0.25) is 0 Å². The Hall–Kier alpha value is -2.52. The van der Waals surface area contributed by atoms with Crippen LogP contribution in [-0.2, 0) is 4.79 Å². The van der Waals surface area contributed by atoms with Crippen molar-refractivity contribution in [1.29, 1.82) is 0 Å². The molecule has 2 rings (SSSR count). The standard InChI is InChI=1S/C10H10N4O5/c11-9(17)8(16)7(15)4-1-5-6(14(18)19)3-13-10(5)12-2-4/h1-3,7-8,15-16H,(H2,11,17)(H,12,13). The molecule has 0 bridgehead atoms. The molecule has 0 saturated carbocycles. The number of aliphatic hydroxyl groups excluding tert-OH is 2. The lowest BCUT2D eigenvalue weighted by atomic mass is 10.0. The number of rotatable bonds is 4. The summed E-state index contributed by atoms with van der Waals surface area (Å²) >= 11 is 0. The first kappa shape index (κ1) is 12.9. The average Bonchev–Trinajstić information content (AvgIpc) is 2.79. The topological polar surface area (TPSA) is 155 Å². The van der Waals surface area contributed by atoms with E-state index in [0.717, 1.165) is 0 Å². The SMILES string of the molecule is NC(=O)C(O)C(O)c1cnc2[nH]cc([N+](=O)[O-])c2c1. The van der Waals surface area contributed by atoms with Crippen molar-refractivity contribution in [3.05, 3.63) is 34.1 Å². The summed E-state index contributed by atoms with van der Waals surface area (Å²) in [5.74, 6) is -1.10. The summed E-state index contributed by atoms with van der Waals surface area (Å²) in [5, 5.41) is 30.0. The van der Waals surface area contributed by atoms with Gasteiger partial charge in [0, 0.05) is 11.8 Å². The molecule has 0 fully saturated rings. The molecule has 9 heteroatoms. The molecule has 2 atom stereocenters. The van der Waals surface area contributed by atoms with E-state index in [1.165, 1.54) is 18.5 Å². The van der Waals surface area contributed by atoms with E-state index in [1.54, 1.807) is 0 Å². The quantitative estimate of drug-likeness (QED) is 0.425. The van der Waals surface area contributed by atoms with Gasteiger partial charge in [-0.05, 0) is 6.07 Å². The molecular formula is C10H10N4O5. The molecule has 0 saturated heterocycles. The smallest absolute Gasteiger partial charge is 0.296 e. The van der Waals surface area contributed by atoms with Gasteiger partial charge in [-0.25, -0.2) is 4.98 Å². The second-order valence-corrected chi connectivity index (χ2v) is 3.89. The molecule has 2 unspecified atom stereocenters. The lowest BCUT2D eigenvalue weighted by molar-refractivity contribution is -0.383. The summed E-state index contributed by atoms with van der Waals surface area (Å²) in [6.45, 7) is 0. The van der Waals surface area contributed by atoms with Crippen molar-refractivity contribution >= 4 is 22.6 Å². The van der Waals surface area contributed by atoms with Crippen LogP contribution in [0.15, 0.2) is 18.5 Å². The molecule has 100 valence electrons. The molecule has 0 aliphatic heterocycles. The molecule has 5 N–H and O–H groups in total. The van der Waals surface area contributed by atoms with Crippen molar-refractivity contribution in [2.45, 2.75) is 12.2 Å². The summed E-state index contributed by atoms with van der Waals surface area (Å²) in [6.07, 6.45) is -1.04. The number of nitrogens with two attached hydrogens (primary N) is 1. The first-order chi connectivity index (χ1) is 8.91. The monoisotopic (exact) mass is 266 g/mol. The third-order valence-electron chi connectivity index (χ3n) is 2.66. The van der Waals surface area contributed by atoms with E-state index in [1.807, 2.05) is 0 Å². The highest BCUT2D eigenvalue weighted by Crippen LogP contribution is 2.27. The number of nitrogens with one attached hydrogen (secondary N) is 1. The number of amides is 1. The van der Waals surface area contributed by atoms with Crippen LogP contribution in [0, 0.1) is 10.1 Å². The van der Waals surface area contributed by atoms with Gasteiger partial charge in [0.05, 0.1) is 16.5 Å². The van der Waals surface area contributed by atoms with Crippen LogP contribution < -0.4 is 5.73 Å². The molecule has 2 heterocycles. The molecular weight excluding hydrogens is 256 g/mol. The van der Waals surface area contributed by atoms with Gasteiger partial charge in [-0.1, -0.05) is 0 Å². The van der Waals surface area contributed by atoms with Crippen molar-refractivity contribution in [2.75, 3.05) is 0 Å². The Morgan fingerprint density at radius 3 is 2.79 bits per heavy atom. The molecule has 0 spiro atoms. The Morgan fingerprint density at radius 2 is 2.21 bits per heavy atom. The van der Waals surface area contributed by atoms with Gasteiger partial charge in [0.15, 0.2) is 6.10 Å². The number of aliphatic hydroxyl groups is 2. The Labute approximate surface area is 105 Å². The number of aromatic amines is 1. The number of carbonyl (C=O) groups excluding carboxylic acids is 1. The fourth-order valence-electron chi connectivity index (χ4n) is 1.66. The zero-order chi connectivity index (χ0) is 14.2. The van der Waals surface area contributed by atoms with Crippen molar-refractivity contribution in [3.63, 3.8) is 0 Å². The molecule has 2 aromatic heterocycles. The first-order valence-electron chi connectivity index (χ1n) is 5.18. The zero-order valence-corrected chi connectivity index (χ0v) is 9.48. The predicted octanol–water partition coefficient (Wildman–Crippen LogP) is -0.649. The number of fused-ring (bicyclic) bond motifs is 1. The maximum atomic E-state index is 10.8. The maximum absolute atomic E-state index is 10.8. The van der Waals surface area contributed by atoms with E-state index >= 15 is 0 Å². The van der Waals surface area contributed by atoms with Crippen LogP contribution in [0.25, 0.3) is 11.0 Å². The van der Waals surface area contributed by atoms with Crippen molar-refractivity contribution in [2.24, 2.45) is 5.73 Å². The van der Waals surface area contributed by atoms with Gasteiger partial charge in [0.2, 0.25) is 5.91 Å². The number of nitro groups is 1. The number of hydrogen-bond donors (Lipinski definition) is 4. The van der Waals surface area contributed by atoms with Crippen molar-refractivity contribution in [1.82, 2.24) is 9.97 Å². The number of H-pyrrole nitrogens is 1. The van der Waals surface area contributed by atoms with Gasteiger partial charge >= 0.3 is 0 Å². The van der Waals surface area contributed by atoms with E-state index in [0.29, 0.717) is 0 Å². The van der Waals surface area contributed by atoms with E-state index in [4.69, 9.17) is 5.73 Å².